The Hall–Kier alpha value is -3.30. The van der Waals surface area contributed by atoms with Gasteiger partial charge in [-0.05, 0) is 12.5 Å². The standard InChI is InChI=1S/C18H18F3N5O2/c1-11(12-5-3-2-4-6-12)23-17(27)24-15-9-14-13(10-22-15)16(26-25-14)28-8-7-18(19,20)21/h2-6,9-11H,7-8H2,1H3,(H,25,26)(H2,22,23,24,27)/t11-/m1/s1. The molecule has 1 atom stereocenters. The van der Waals surface area contributed by atoms with E-state index in [1.54, 1.807) is 0 Å². The number of nitrogens with one attached hydrogen (secondary N) is 3. The highest BCUT2D eigenvalue weighted by Gasteiger charge is 2.27. The number of aromatic nitrogens is 3. The minimum absolute atomic E-state index is 0.0282. The molecule has 148 valence electrons. The Labute approximate surface area is 158 Å². The zero-order chi connectivity index (χ0) is 20.1. The van der Waals surface area contributed by atoms with Crippen molar-refractivity contribution in [3.63, 3.8) is 0 Å². The number of fused-ring (bicyclic) bond motifs is 1. The van der Waals surface area contributed by atoms with Gasteiger partial charge in [-0.1, -0.05) is 30.3 Å². The number of H-pyrrole nitrogens is 1. The van der Waals surface area contributed by atoms with Gasteiger partial charge in [0.1, 0.15) is 5.82 Å². The molecule has 2 heterocycles. The third kappa shape index (κ3) is 5.12. The Morgan fingerprint density at radius 2 is 2.04 bits per heavy atom. The molecule has 10 heteroatoms. The summed E-state index contributed by atoms with van der Waals surface area (Å²) in [6.45, 7) is 1.31. The van der Waals surface area contributed by atoms with E-state index >= 15 is 0 Å². The summed E-state index contributed by atoms with van der Waals surface area (Å²) < 4.78 is 41.7. The Bertz CT molecular complexity index is 943. The summed E-state index contributed by atoms with van der Waals surface area (Å²) in [5.74, 6) is 0.288. The fraction of sp³-hybridized carbons (Fsp3) is 0.278. The average Bonchev–Trinajstić information content (AvgIpc) is 3.03. The number of nitrogens with zero attached hydrogens (tertiary/aromatic N) is 2. The highest BCUT2D eigenvalue weighted by Crippen LogP contribution is 2.25. The summed E-state index contributed by atoms with van der Waals surface area (Å²) in [5.41, 5.74) is 1.43. The van der Waals surface area contributed by atoms with Gasteiger partial charge in [0.25, 0.3) is 0 Å². The first-order valence-corrected chi connectivity index (χ1v) is 8.48. The van der Waals surface area contributed by atoms with E-state index in [0.29, 0.717) is 10.9 Å². The second-order valence-corrected chi connectivity index (χ2v) is 6.09. The third-order valence-corrected chi connectivity index (χ3v) is 3.93. The lowest BCUT2D eigenvalue weighted by molar-refractivity contribution is -0.139. The van der Waals surface area contributed by atoms with Gasteiger partial charge in [-0.25, -0.2) is 9.78 Å². The number of rotatable bonds is 6. The number of anilines is 1. The molecule has 0 aliphatic carbocycles. The Morgan fingerprint density at radius 3 is 2.75 bits per heavy atom. The maximum atomic E-state index is 12.2. The molecule has 0 aliphatic heterocycles. The normalized spacial score (nSPS) is 12.6. The number of ether oxygens (including phenoxy) is 1. The van der Waals surface area contributed by atoms with Gasteiger partial charge >= 0.3 is 12.2 Å². The monoisotopic (exact) mass is 393 g/mol. The van der Waals surface area contributed by atoms with Crippen LogP contribution in [0.3, 0.4) is 0 Å². The van der Waals surface area contributed by atoms with Gasteiger partial charge in [-0.15, -0.1) is 5.10 Å². The number of carbonyl (C=O) groups is 1. The number of alkyl halides is 3. The van der Waals surface area contributed by atoms with Crippen molar-refractivity contribution >= 4 is 22.8 Å². The van der Waals surface area contributed by atoms with Gasteiger partial charge in [-0.2, -0.15) is 13.2 Å². The van der Waals surface area contributed by atoms with Crippen molar-refractivity contribution in [3.05, 3.63) is 48.2 Å². The van der Waals surface area contributed by atoms with Gasteiger partial charge in [0.05, 0.1) is 30.0 Å². The molecular weight excluding hydrogens is 375 g/mol. The average molecular weight is 393 g/mol. The van der Waals surface area contributed by atoms with Gasteiger partial charge in [0, 0.05) is 12.3 Å². The smallest absolute Gasteiger partial charge is 0.392 e. The molecular formula is C18H18F3N5O2. The first-order chi connectivity index (χ1) is 13.3. The maximum Gasteiger partial charge on any atom is 0.392 e. The second kappa shape index (κ2) is 8.15. The molecule has 0 radical (unpaired) electrons. The SMILES string of the molecule is C[C@@H](NC(=O)Nc1cc2[nH]nc(OCCC(F)(F)F)c2cn1)c1ccccc1. The highest BCUT2D eigenvalue weighted by molar-refractivity contribution is 5.92. The van der Waals surface area contributed by atoms with Crippen LogP contribution in [-0.2, 0) is 0 Å². The Kier molecular flexibility index (Phi) is 5.67. The van der Waals surface area contributed by atoms with Crippen molar-refractivity contribution in [1.29, 1.82) is 0 Å². The molecule has 0 spiro atoms. The van der Waals surface area contributed by atoms with E-state index < -0.39 is 25.2 Å². The van der Waals surface area contributed by atoms with Gasteiger partial charge in [-0.3, -0.25) is 10.4 Å². The molecule has 3 N–H and O–H groups in total. The predicted molar refractivity (Wildman–Crippen MR) is 97.1 cm³/mol. The molecule has 0 saturated heterocycles. The maximum absolute atomic E-state index is 12.2. The van der Waals surface area contributed by atoms with E-state index in [1.165, 1.54) is 12.3 Å². The first-order valence-electron chi connectivity index (χ1n) is 8.48. The molecule has 0 unspecified atom stereocenters. The van der Waals surface area contributed by atoms with E-state index in [1.807, 2.05) is 37.3 Å². The molecule has 28 heavy (non-hydrogen) atoms. The number of hydrogen-bond acceptors (Lipinski definition) is 4. The van der Waals surface area contributed by atoms with Gasteiger partial charge in [0.15, 0.2) is 0 Å². The second-order valence-electron chi connectivity index (χ2n) is 6.09. The van der Waals surface area contributed by atoms with E-state index in [4.69, 9.17) is 4.74 Å². The van der Waals surface area contributed by atoms with Gasteiger partial charge < -0.3 is 10.1 Å². The molecule has 0 saturated carbocycles. The fourth-order valence-corrected chi connectivity index (χ4v) is 2.51. The van der Waals surface area contributed by atoms with Crippen molar-refractivity contribution in [2.45, 2.75) is 25.6 Å². The minimum Gasteiger partial charge on any atom is -0.476 e. The number of hydrogen-bond donors (Lipinski definition) is 3. The summed E-state index contributed by atoms with van der Waals surface area (Å²) in [7, 11) is 0. The van der Waals surface area contributed by atoms with Crippen molar-refractivity contribution in [2.75, 3.05) is 11.9 Å². The zero-order valence-corrected chi connectivity index (χ0v) is 14.9. The summed E-state index contributed by atoms with van der Waals surface area (Å²) in [4.78, 5) is 16.2. The predicted octanol–water partition coefficient (Wildman–Crippen LogP) is 4.17. The number of urea groups is 1. The zero-order valence-electron chi connectivity index (χ0n) is 14.9. The lowest BCUT2D eigenvalue weighted by Crippen LogP contribution is -2.31. The molecule has 7 nitrogen and oxygen atoms in total. The Balaban J connectivity index is 1.60. The number of aromatic amines is 1. The molecule has 2 amide bonds. The number of amides is 2. The summed E-state index contributed by atoms with van der Waals surface area (Å²) in [6, 6.07) is 10.3. The summed E-state index contributed by atoms with van der Waals surface area (Å²) in [6.07, 6.45) is -4.00. The van der Waals surface area contributed by atoms with Crippen LogP contribution >= 0.6 is 0 Å². The molecule has 0 fully saturated rings. The fourth-order valence-electron chi connectivity index (χ4n) is 2.51. The van der Waals surface area contributed by atoms with Crippen LogP contribution < -0.4 is 15.4 Å². The van der Waals surface area contributed by atoms with Crippen LogP contribution in [-0.4, -0.2) is 34.0 Å². The summed E-state index contributed by atoms with van der Waals surface area (Å²) in [5, 5.41) is 12.3. The molecule has 3 aromatic rings. The van der Waals surface area contributed by atoms with Gasteiger partial charge in [0.2, 0.25) is 5.88 Å². The number of pyridine rings is 1. The largest absolute Gasteiger partial charge is 0.476 e. The van der Waals surface area contributed by atoms with Crippen LogP contribution in [0.2, 0.25) is 0 Å². The minimum atomic E-state index is -4.30. The number of halogens is 3. The van der Waals surface area contributed by atoms with Crippen LogP contribution in [0.15, 0.2) is 42.6 Å². The molecule has 2 aromatic heterocycles. The van der Waals surface area contributed by atoms with Crippen LogP contribution in [0, 0.1) is 0 Å². The summed E-state index contributed by atoms with van der Waals surface area (Å²) >= 11 is 0. The third-order valence-electron chi connectivity index (χ3n) is 3.93. The molecule has 3 rings (SSSR count). The van der Waals surface area contributed by atoms with Crippen LogP contribution in [0.4, 0.5) is 23.8 Å². The Morgan fingerprint density at radius 1 is 1.29 bits per heavy atom. The van der Waals surface area contributed by atoms with E-state index in [9.17, 15) is 18.0 Å². The van der Waals surface area contributed by atoms with Crippen molar-refractivity contribution in [1.82, 2.24) is 20.5 Å². The topological polar surface area (TPSA) is 91.9 Å². The van der Waals surface area contributed by atoms with E-state index in [0.717, 1.165) is 5.56 Å². The van der Waals surface area contributed by atoms with Crippen molar-refractivity contribution in [3.8, 4) is 5.88 Å². The highest BCUT2D eigenvalue weighted by atomic mass is 19.4. The van der Waals surface area contributed by atoms with Crippen LogP contribution in [0.5, 0.6) is 5.88 Å². The molecule has 1 aromatic carbocycles. The number of carbonyl (C=O) groups excluding carboxylic acids is 1. The molecule has 0 aliphatic rings. The van der Waals surface area contributed by atoms with Crippen LogP contribution in [0.25, 0.3) is 10.9 Å². The van der Waals surface area contributed by atoms with Crippen molar-refractivity contribution < 1.29 is 22.7 Å². The lowest BCUT2D eigenvalue weighted by Gasteiger charge is -2.14. The van der Waals surface area contributed by atoms with E-state index in [-0.39, 0.29) is 17.7 Å². The quantitative estimate of drug-likeness (QED) is 0.586. The molecule has 0 bridgehead atoms. The van der Waals surface area contributed by atoms with Crippen molar-refractivity contribution in [2.24, 2.45) is 0 Å². The van der Waals surface area contributed by atoms with Crippen LogP contribution in [0.1, 0.15) is 24.9 Å². The number of benzene rings is 1. The van der Waals surface area contributed by atoms with E-state index in [2.05, 4.69) is 25.8 Å². The first kappa shape index (κ1) is 19.5. The lowest BCUT2D eigenvalue weighted by atomic mass is 10.1.